The molecule has 1 aliphatic rings. The standard InChI is InChI=1S/C10H21NO2S/c1-4-10(6-5-7-10)8-11-14(12,13)9(2)3/h9,11H,4-8H2,1-3H3. The molecule has 3 nitrogen and oxygen atoms in total. The van der Waals surface area contributed by atoms with Gasteiger partial charge in [-0.3, -0.25) is 0 Å². The third kappa shape index (κ3) is 2.48. The molecule has 0 aromatic carbocycles. The molecule has 0 bridgehead atoms. The average Bonchev–Trinajstić information content (AvgIpc) is 2.02. The van der Waals surface area contributed by atoms with Gasteiger partial charge in [-0.25, -0.2) is 13.1 Å². The molecular formula is C10H21NO2S. The Morgan fingerprint density at radius 1 is 1.36 bits per heavy atom. The molecule has 0 amide bonds. The highest BCUT2D eigenvalue weighted by molar-refractivity contribution is 7.90. The Balaban J connectivity index is 2.47. The molecule has 0 atom stereocenters. The van der Waals surface area contributed by atoms with Crippen LogP contribution in [0.5, 0.6) is 0 Å². The van der Waals surface area contributed by atoms with Gasteiger partial charge in [0.1, 0.15) is 0 Å². The van der Waals surface area contributed by atoms with Gasteiger partial charge in [0.05, 0.1) is 5.25 Å². The molecule has 0 heterocycles. The van der Waals surface area contributed by atoms with Gasteiger partial charge < -0.3 is 0 Å². The number of nitrogens with one attached hydrogen (secondary N) is 1. The molecule has 0 unspecified atom stereocenters. The summed E-state index contributed by atoms with van der Waals surface area (Å²) in [4.78, 5) is 0. The van der Waals surface area contributed by atoms with E-state index in [0.717, 1.165) is 6.42 Å². The molecule has 4 heteroatoms. The van der Waals surface area contributed by atoms with Crippen LogP contribution in [0.2, 0.25) is 0 Å². The van der Waals surface area contributed by atoms with E-state index in [9.17, 15) is 8.42 Å². The van der Waals surface area contributed by atoms with Crippen molar-refractivity contribution in [1.82, 2.24) is 4.72 Å². The topological polar surface area (TPSA) is 46.2 Å². The number of hydrogen-bond donors (Lipinski definition) is 1. The minimum Gasteiger partial charge on any atom is -0.214 e. The summed E-state index contributed by atoms with van der Waals surface area (Å²) in [5.41, 5.74) is 0.266. The van der Waals surface area contributed by atoms with Crippen molar-refractivity contribution in [1.29, 1.82) is 0 Å². The zero-order valence-corrected chi connectivity index (χ0v) is 10.2. The zero-order valence-electron chi connectivity index (χ0n) is 9.34. The lowest BCUT2D eigenvalue weighted by molar-refractivity contribution is 0.133. The van der Waals surface area contributed by atoms with Crippen LogP contribution in [0.15, 0.2) is 0 Å². The van der Waals surface area contributed by atoms with E-state index >= 15 is 0 Å². The van der Waals surface area contributed by atoms with Crippen molar-refractivity contribution in [2.75, 3.05) is 6.54 Å². The van der Waals surface area contributed by atoms with Crippen molar-refractivity contribution in [3.05, 3.63) is 0 Å². The summed E-state index contributed by atoms with van der Waals surface area (Å²) in [5, 5.41) is -0.323. The normalized spacial score (nSPS) is 20.9. The fourth-order valence-electron chi connectivity index (χ4n) is 1.75. The number of sulfonamides is 1. The molecule has 0 aromatic rings. The van der Waals surface area contributed by atoms with Gasteiger partial charge in [-0.1, -0.05) is 13.3 Å². The maximum Gasteiger partial charge on any atom is 0.213 e. The van der Waals surface area contributed by atoms with E-state index in [1.165, 1.54) is 19.3 Å². The first-order valence-corrected chi connectivity index (χ1v) is 6.95. The van der Waals surface area contributed by atoms with Gasteiger partial charge in [-0.05, 0) is 38.5 Å². The van der Waals surface area contributed by atoms with Gasteiger partial charge in [0, 0.05) is 6.54 Å². The minimum absolute atomic E-state index is 0.266. The van der Waals surface area contributed by atoms with Crippen molar-refractivity contribution in [3.8, 4) is 0 Å². The second-order valence-corrected chi connectivity index (χ2v) is 6.94. The summed E-state index contributed by atoms with van der Waals surface area (Å²) in [5.74, 6) is 0. The summed E-state index contributed by atoms with van der Waals surface area (Å²) in [6.07, 6.45) is 4.67. The second kappa shape index (κ2) is 4.19. The molecule has 0 aliphatic heterocycles. The van der Waals surface area contributed by atoms with Crippen LogP contribution in [0.4, 0.5) is 0 Å². The van der Waals surface area contributed by atoms with Crippen LogP contribution >= 0.6 is 0 Å². The van der Waals surface area contributed by atoms with Crippen molar-refractivity contribution >= 4 is 10.0 Å². The lowest BCUT2D eigenvalue weighted by Crippen LogP contribution is -2.43. The smallest absolute Gasteiger partial charge is 0.213 e. The van der Waals surface area contributed by atoms with Gasteiger partial charge in [-0.15, -0.1) is 0 Å². The molecule has 1 fully saturated rings. The quantitative estimate of drug-likeness (QED) is 0.767. The third-order valence-corrected chi connectivity index (χ3v) is 5.22. The molecule has 1 N–H and O–H groups in total. The van der Waals surface area contributed by atoms with Crippen molar-refractivity contribution < 1.29 is 8.42 Å². The molecule has 0 radical (unpaired) electrons. The van der Waals surface area contributed by atoms with Crippen molar-refractivity contribution in [2.24, 2.45) is 5.41 Å². The highest BCUT2D eigenvalue weighted by Gasteiger charge is 2.36. The molecule has 1 rings (SSSR count). The molecule has 0 spiro atoms. The van der Waals surface area contributed by atoms with E-state index in [-0.39, 0.29) is 10.7 Å². The van der Waals surface area contributed by atoms with E-state index in [2.05, 4.69) is 11.6 Å². The average molecular weight is 219 g/mol. The fraction of sp³-hybridized carbons (Fsp3) is 1.00. The zero-order chi connectivity index (χ0) is 10.8. The number of hydrogen-bond acceptors (Lipinski definition) is 2. The van der Waals surface area contributed by atoms with Crippen LogP contribution in [0.25, 0.3) is 0 Å². The lowest BCUT2D eigenvalue weighted by atomic mass is 9.67. The van der Waals surface area contributed by atoms with E-state index in [0.29, 0.717) is 6.54 Å². The first kappa shape index (κ1) is 12.0. The molecular weight excluding hydrogens is 198 g/mol. The molecule has 84 valence electrons. The summed E-state index contributed by atoms with van der Waals surface area (Å²) in [6, 6.07) is 0. The summed E-state index contributed by atoms with van der Waals surface area (Å²) >= 11 is 0. The monoisotopic (exact) mass is 219 g/mol. The second-order valence-electron chi connectivity index (χ2n) is 4.62. The summed E-state index contributed by atoms with van der Waals surface area (Å²) < 4.78 is 25.8. The first-order chi connectivity index (χ1) is 6.42. The highest BCUT2D eigenvalue weighted by Crippen LogP contribution is 2.43. The Morgan fingerprint density at radius 2 is 1.93 bits per heavy atom. The van der Waals surface area contributed by atoms with Gasteiger partial charge in [0.2, 0.25) is 10.0 Å². The molecule has 14 heavy (non-hydrogen) atoms. The van der Waals surface area contributed by atoms with Crippen LogP contribution in [-0.2, 0) is 10.0 Å². The molecule has 1 aliphatic carbocycles. The Kier molecular flexibility index (Phi) is 3.58. The third-order valence-electron chi connectivity index (χ3n) is 3.43. The predicted molar refractivity (Wildman–Crippen MR) is 58.6 cm³/mol. The molecule has 0 saturated heterocycles. The van der Waals surface area contributed by atoms with Crippen molar-refractivity contribution in [2.45, 2.75) is 51.7 Å². The Hall–Kier alpha value is -0.0900. The highest BCUT2D eigenvalue weighted by atomic mass is 32.2. The van der Waals surface area contributed by atoms with Gasteiger partial charge in [0.15, 0.2) is 0 Å². The fourth-order valence-corrected chi connectivity index (χ4v) is 2.59. The Morgan fingerprint density at radius 3 is 2.21 bits per heavy atom. The molecule has 1 saturated carbocycles. The van der Waals surface area contributed by atoms with Gasteiger partial charge in [0.25, 0.3) is 0 Å². The van der Waals surface area contributed by atoms with E-state index in [4.69, 9.17) is 0 Å². The maximum absolute atomic E-state index is 11.5. The predicted octanol–water partition coefficient (Wildman–Crippen LogP) is 1.89. The van der Waals surface area contributed by atoms with Crippen LogP contribution < -0.4 is 4.72 Å². The molecule has 0 aromatic heterocycles. The van der Waals surface area contributed by atoms with Crippen LogP contribution in [-0.4, -0.2) is 20.2 Å². The summed E-state index contributed by atoms with van der Waals surface area (Å²) in [7, 11) is -3.07. The largest absolute Gasteiger partial charge is 0.214 e. The van der Waals surface area contributed by atoms with E-state index in [1.54, 1.807) is 13.8 Å². The number of rotatable bonds is 5. The van der Waals surface area contributed by atoms with Crippen molar-refractivity contribution in [3.63, 3.8) is 0 Å². The SMILES string of the molecule is CCC1(CNS(=O)(=O)C(C)C)CCC1. The Labute approximate surface area is 87.3 Å². The van der Waals surface area contributed by atoms with Crippen LogP contribution in [0.3, 0.4) is 0 Å². The van der Waals surface area contributed by atoms with E-state index < -0.39 is 10.0 Å². The maximum atomic E-state index is 11.5. The van der Waals surface area contributed by atoms with Crippen LogP contribution in [0, 0.1) is 5.41 Å². The minimum atomic E-state index is -3.07. The van der Waals surface area contributed by atoms with Crippen LogP contribution in [0.1, 0.15) is 46.5 Å². The lowest BCUT2D eigenvalue weighted by Gasteiger charge is -2.41. The summed E-state index contributed by atoms with van der Waals surface area (Å²) in [6.45, 7) is 6.19. The Bertz CT molecular complexity index is 273. The van der Waals surface area contributed by atoms with Gasteiger partial charge >= 0.3 is 0 Å². The van der Waals surface area contributed by atoms with Gasteiger partial charge in [-0.2, -0.15) is 0 Å². The first-order valence-electron chi connectivity index (χ1n) is 5.40. The van der Waals surface area contributed by atoms with E-state index in [1.807, 2.05) is 0 Å².